The first-order valence-electron chi connectivity index (χ1n) is 26.5. The molecule has 1 aromatic heterocycles. The number of ether oxygens (including phenoxy) is 5. The Morgan fingerprint density at radius 1 is 0.900 bits per heavy atom. The van der Waals surface area contributed by atoms with Gasteiger partial charge in [0.25, 0.3) is 0 Å². The summed E-state index contributed by atoms with van der Waals surface area (Å²) < 4.78 is 33.0. The minimum absolute atomic E-state index is 0.0207. The number of rotatable bonds is 28. The minimum atomic E-state index is -1.39. The number of oxime groups is 1. The zero-order valence-electron chi connectivity index (χ0n) is 42.8. The SMILES string of the molecule is C=CCO[C@@]12Oc3ccc(OCc4cccc(C)n4)cc3[C@H]3[C@H](CCCCO)[C@@H](CCCCO)C=C(C(=NOC(C)(C)C)C[C@@H]1N(Cc1ccc4c(c1)OCO4)C(=O)CCCCCCCCCCC)[C@H]32. The Kier molecular flexibility index (Phi) is 19.2. The van der Waals surface area contributed by atoms with Crippen LogP contribution in [0.1, 0.15) is 165 Å². The number of fused-ring (bicyclic) bond motifs is 3. The van der Waals surface area contributed by atoms with Crippen LogP contribution in [0.2, 0.25) is 0 Å². The lowest BCUT2D eigenvalue weighted by atomic mass is 9.55. The quantitative estimate of drug-likeness (QED) is 0.0410. The maximum absolute atomic E-state index is 15.4. The predicted molar refractivity (Wildman–Crippen MR) is 274 cm³/mol. The Hall–Kier alpha value is -4.91. The number of carbonyl (C=O) groups excluding carboxylic acids is 1. The Balaban J connectivity index is 1.37. The molecule has 1 fully saturated rings. The van der Waals surface area contributed by atoms with Gasteiger partial charge in [0.15, 0.2) is 11.5 Å². The van der Waals surface area contributed by atoms with E-state index in [0.29, 0.717) is 55.3 Å². The summed E-state index contributed by atoms with van der Waals surface area (Å²) in [6.45, 7) is 15.5. The van der Waals surface area contributed by atoms with E-state index in [1.807, 2.05) is 81.1 Å². The fraction of sp³-hybridized carbons (Fsp3) is 0.603. The second-order valence-corrected chi connectivity index (χ2v) is 20.8. The van der Waals surface area contributed by atoms with E-state index in [2.05, 4.69) is 25.6 Å². The van der Waals surface area contributed by atoms with Crippen LogP contribution in [0.15, 0.2) is 84.1 Å². The number of pyridine rings is 1. The smallest absolute Gasteiger partial charge is 0.239 e. The molecule has 3 aromatic rings. The number of hydrogen-bond acceptors (Lipinski definition) is 11. The zero-order valence-corrected chi connectivity index (χ0v) is 42.8. The monoisotopic (exact) mass is 964 g/mol. The summed E-state index contributed by atoms with van der Waals surface area (Å²) in [5.74, 6) is 0.891. The molecule has 382 valence electrons. The van der Waals surface area contributed by atoms with Gasteiger partial charge < -0.3 is 43.6 Å². The van der Waals surface area contributed by atoms with Gasteiger partial charge >= 0.3 is 0 Å². The van der Waals surface area contributed by atoms with Crippen LogP contribution < -0.4 is 18.9 Å². The number of hydrogen-bond donors (Lipinski definition) is 2. The van der Waals surface area contributed by atoms with Crippen molar-refractivity contribution < 1.29 is 43.5 Å². The molecule has 12 nitrogen and oxygen atoms in total. The van der Waals surface area contributed by atoms with Gasteiger partial charge in [0, 0.05) is 49.8 Å². The van der Waals surface area contributed by atoms with Crippen molar-refractivity contribution in [1.29, 1.82) is 0 Å². The van der Waals surface area contributed by atoms with Gasteiger partial charge in [-0.3, -0.25) is 9.78 Å². The van der Waals surface area contributed by atoms with Gasteiger partial charge in [0.05, 0.1) is 23.9 Å². The van der Waals surface area contributed by atoms with Crippen LogP contribution in [0.4, 0.5) is 0 Å². The number of unbranched alkanes of at least 4 members (excludes halogenated alkanes) is 10. The average Bonchev–Trinajstić information content (AvgIpc) is 3.82. The summed E-state index contributed by atoms with van der Waals surface area (Å²) in [6.07, 6.45) is 19.9. The first-order chi connectivity index (χ1) is 34.0. The van der Waals surface area contributed by atoms with Crippen LogP contribution in [-0.4, -0.2) is 75.8 Å². The molecule has 0 bridgehead atoms. The molecule has 3 heterocycles. The van der Waals surface area contributed by atoms with E-state index >= 15 is 4.79 Å². The summed E-state index contributed by atoms with van der Waals surface area (Å²) in [6, 6.07) is 17.3. The minimum Gasteiger partial charge on any atom is -0.487 e. The van der Waals surface area contributed by atoms with Crippen molar-refractivity contribution in [3.63, 3.8) is 0 Å². The van der Waals surface area contributed by atoms with E-state index < -0.39 is 23.3 Å². The van der Waals surface area contributed by atoms with E-state index in [-0.39, 0.29) is 56.8 Å². The Labute approximate surface area is 417 Å². The van der Waals surface area contributed by atoms with Crippen LogP contribution in [0, 0.1) is 24.7 Å². The number of aliphatic hydroxyl groups is 2. The van der Waals surface area contributed by atoms with Gasteiger partial charge in [-0.15, -0.1) is 6.58 Å². The van der Waals surface area contributed by atoms with Crippen molar-refractivity contribution >= 4 is 11.6 Å². The van der Waals surface area contributed by atoms with Gasteiger partial charge in [-0.05, 0) is 125 Å². The molecule has 2 N–H and O–H groups in total. The number of amides is 1. The molecule has 0 unspecified atom stereocenters. The molecule has 4 aliphatic rings. The molecule has 70 heavy (non-hydrogen) atoms. The molecule has 0 radical (unpaired) electrons. The Bertz CT molecular complexity index is 2240. The van der Waals surface area contributed by atoms with E-state index in [9.17, 15) is 10.2 Å². The van der Waals surface area contributed by atoms with Gasteiger partial charge in [-0.25, -0.2) is 0 Å². The average molecular weight is 964 g/mol. The fourth-order valence-electron chi connectivity index (χ4n) is 11.1. The van der Waals surface area contributed by atoms with Crippen LogP contribution in [0.3, 0.4) is 0 Å². The molecule has 2 aliphatic heterocycles. The number of aryl methyl sites for hydroxylation is 1. The van der Waals surface area contributed by atoms with Crippen molar-refractivity contribution in [2.45, 2.75) is 180 Å². The van der Waals surface area contributed by atoms with E-state index in [4.69, 9.17) is 38.7 Å². The lowest BCUT2D eigenvalue weighted by Crippen LogP contribution is -2.70. The first-order valence-corrected chi connectivity index (χ1v) is 26.5. The molecule has 7 rings (SSSR count). The number of benzene rings is 2. The van der Waals surface area contributed by atoms with Crippen molar-refractivity contribution in [3.05, 3.63) is 101 Å². The largest absolute Gasteiger partial charge is 0.487 e. The predicted octanol–water partition coefficient (Wildman–Crippen LogP) is 12.1. The third-order valence-corrected chi connectivity index (χ3v) is 14.4. The van der Waals surface area contributed by atoms with Crippen molar-refractivity contribution in [3.8, 4) is 23.0 Å². The lowest BCUT2D eigenvalue weighted by molar-refractivity contribution is -0.258. The van der Waals surface area contributed by atoms with Crippen LogP contribution in [0.25, 0.3) is 0 Å². The number of nitrogens with zero attached hydrogens (tertiary/aromatic N) is 3. The maximum Gasteiger partial charge on any atom is 0.239 e. The molecular weight excluding hydrogens is 883 g/mol. The number of aliphatic hydroxyl groups excluding tert-OH is 2. The van der Waals surface area contributed by atoms with Crippen molar-refractivity contribution in [2.75, 3.05) is 26.6 Å². The molecule has 2 aliphatic carbocycles. The standard InChI is InChI=1S/C58H81N3O9/c1-7-9-10-11-12-13-14-15-16-26-54(64)61(38-42-27-29-51-52(34-42)67-40-66-51)53-37-49(60-70-57(4,5)6)47-35-43(23-17-19-31-62)46(25-18-20-32-63)55-48-36-45(65-39-44-24-21-22-41(3)59-44)28-30-50(48)69-58(53,56(47)55)68-33-8-2/h8,21-22,24,27-30,34-36,43,46,53,55-56,62-63H,2,7,9-20,23,25-26,31-33,37-40H2,1,3-6H3/t43-,46+,53-,55+,56+,58+/m0/s1. The molecule has 6 atom stereocenters. The summed E-state index contributed by atoms with van der Waals surface area (Å²) in [7, 11) is 0. The highest BCUT2D eigenvalue weighted by Gasteiger charge is 2.65. The topological polar surface area (TPSA) is 141 Å². The molecule has 12 heteroatoms. The number of allylic oxidation sites excluding steroid dienone is 1. The van der Waals surface area contributed by atoms with Crippen molar-refractivity contribution in [1.82, 2.24) is 9.88 Å². The normalized spacial score (nSPS) is 22.7. The van der Waals surface area contributed by atoms with Gasteiger partial charge in [0.2, 0.25) is 18.5 Å². The number of aromatic nitrogens is 1. The van der Waals surface area contributed by atoms with E-state index in [1.165, 1.54) is 38.5 Å². The van der Waals surface area contributed by atoms with Crippen LogP contribution in [-0.2, 0) is 27.5 Å². The van der Waals surface area contributed by atoms with Crippen LogP contribution in [0.5, 0.6) is 23.0 Å². The third kappa shape index (κ3) is 13.3. The molecule has 0 saturated heterocycles. The highest BCUT2D eigenvalue weighted by molar-refractivity contribution is 6.03. The summed E-state index contributed by atoms with van der Waals surface area (Å²) in [5, 5.41) is 25.2. The zero-order chi connectivity index (χ0) is 49.5. The third-order valence-electron chi connectivity index (χ3n) is 14.4. The number of carbonyl (C=O) groups is 1. The molecular formula is C58H81N3O9. The lowest BCUT2D eigenvalue weighted by Gasteiger charge is -2.60. The molecule has 0 spiro atoms. The van der Waals surface area contributed by atoms with Gasteiger partial charge in [-0.2, -0.15) is 0 Å². The second-order valence-electron chi connectivity index (χ2n) is 20.8. The summed E-state index contributed by atoms with van der Waals surface area (Å²) in [5.41, 5.74) is 4.84. The van der Waals surface area contributed by atoms with Gasteiger partial charge in [-0.1, -0.05) is 101 Å². The Morgan fingerprint density at radius 2 is 1.63 bits per heavy atom. The fourth-order valence-corrected chi connectivity index (χ4v) is 11.1. The van der Waals surface area contributed by atoms with Crippen LogP contribution >= 0.6 is 0 Å². The van der Waals surface area contributed by atoms with Crippen molar-refractivity contribution in [2.24, 2.45) is 22.9 Å². The summed E-state index contributed by atoms with van der Waals surface area (Å²) >= 11 is 0. The first kappa shape index (κ1) is 52.9. The molecule has 1 saturated carbocycles. The molecule has 2 aromatic carbocycles. The van der Waals surface area contributed by atoms with E-state index in [0.717, 1.165) is 78.7 Å². The van der Waals surface area contributed by atoms with Gasteiger partial charge in [0.1, 0.15) is 29.7 Å². The molecule has 1 amide bonds. The van der Waals surface area contributed by atoms with E-state index in [1.54, 1.807) is 6.08 Å². The maximum atomic E-state index is 15.4. The summed E-state index contributed by atoms with van der Waals surface area (Å²) in [4.78, 5) is 28.5. The second kappa shape index (κ2) is 25.5. The highest BCUT2D eigenvalue weighted by atomic mass is 16.7. The highest BCUT2D eigenvalue weighted by Crippen LogP contribution is 2.62. The Morgan fingerprint density at radius 3 is 2.36 bits per heavy atom.